The molecule has 3 heteroatoms. The molecule has 1 atom stereocenters. The predicted octanol–water partition coefficient (Wildman–Crippen LogP) is 1.71. The van der Waals surface area contributed by atoms with E-state index in [-0.39, 0.29) is 11.9 Å². The van der Waals surface area contributed by atoms with Gasteiger partial charge in [-0.15, -0.1) is 0 Å². The molecule has 0 aliphatic carbocycles. The number of rotatable bonds is 4. The molecule has 3 nitrogen and oxygen atoms in total. The lowest BCUT2D eigenvalue weighted by Crippen LogP contribution is -2.41. The summed E-state index contributed by atoms with van der Waals surface area (Å²) in [5.41, 5.74) is 3.98. The molecule has 2 N–H and O–H groups in total. The van der Waals surface area contributed by atoms with Crippen molar-refractivity contribution in [3.05, 3.63) is 34.9 Å². The van der Waals surface area contributed by atoms with Crippen LogP contribution in [0.4, 0.5) is 0 Å². The summed E-state index contributed by atoms with van der Waals surface area (Å²) >= 11 is 0. The molecule has 0 spiro atoms. The molecule has 1 saturated heterocycles. The summed E-state index contributed by atoms with van der Waals surface area (Å²) in [6.07, 6.45) is 2.99. The number of hydrogen-bond acceptors (Lipinski definition) is 2. The smallest absolute Gasteiger partial charge is 0.237 e. The molecule has 0 radical (unpaired) electrons. The van der Waals surface area contributed by atoms with E-state index in [1.165, 1.54) is 16.7 Å². The number of carbonyl (C=O) groups excluding carboxylic acids is 1. The highest BCUT2D eigenvalue weighted by molar-refractivity contribution is 5.81. The van der Waals surface area contributed by atoms with Crippen LogP contribution in [0.25, 0.3) is 0 Å². The molecular weight excluding hydrogens is 224 g/mol. The van der Waals surface area contributed by atoms with Gasteiger partial charge in [-0.2, -0.15) is 0 Å². The van der Waals surface area contributed by atoms with Gasteiger partial charge in [-0.05, 0) is 56.3 Å². The number of carbonyl (C=O) groups is 1. The summed E-state index contributed by atoms with van der Waals surface area (Å²) in [5, 5.41) is 6.24. The van der Waals surface area contributed by atoms with Crippen molar-refractivity contribution >= 4 is 5.91 Å². The van der Waals surface area contributed by atoms with Crippen molar-refractivity contribution < 1.29 is 4.79 Å². The number of amides is 1. The van der Waals surface area contributed by atoms with Gasteiger partial charge in [-0.3, -0.25) is 4.79 Å². The first-order chi connectivity index (χ1) is 8.68. The minimum Gasteiger partial charge on any atom is -0.354 e. The molecule has 1 amide bonds. The first-order valence-electron chi connectivity index (χ1n) is 6.74. The summed E-state index contributed by atoms with van der Waals surface area (Å²) in [6.45, 7) is 5.95. The van der Waals surface area contributed by atoms with Crippen LogP contribution < -0.4 is 10.6 Å². The molecule has 98 valence electrons. The van der Waals surface area contributed by atoms with Gasteiger partial charge in [0.25, 0.3) is 0 Å². The van der Waals surface area contributed by atoms with E-state index in [0.29, 0.717) is 0 Å². The molecule has 0 aromatic heterocycles. The van der Waals surface area contributed by atoms with Gasteiger partial charge in [-0.1, -0.05) is 18.2 Å². The first-order valence-corrected chi connectivity index (χ1v) is 6.74. The van der Waals surface area contributed by atoms with Gasteiger partial charge in [-0.25, -0.2) is 0 Å². The Hall–Kier alpha value is -1.35. The van der Waals surface area contributed by atoms with Gasteiger partial charge in [0.05, 0.1) is 6.04 Å². The Labute approximate surface area is 109 Å². The van der Waals surface area contributed by atoms with Crippen LogP contribution in [-0.4, -0.2) is 25.0 Å². The van der Waals surface area contributed by atoms with Crippen LogP contribution in [0, 0.1) is 13.8 Å². The number of benzene rings is 1. The van der Waals surface area contributed by atoms with Crippen LogP contribution in [0.15, 0.2) is 18.2 Å². The van der Waals surface area contributed by atoms with Crippen LogP contribution in [-0.2, 0) is 11.2 Å². The molecule has 1 aliphatic rings. The normalized spacial score (nSPS) is 18.9. The van der Waals surface area contributed by atoms with Crippen molar-refractivity contribution in [1.29, 1.82) is 0 Å². The van der Waals surface area contributed by atoms with Crippen molar-refractivity contribution in [2.24, 2.45) is 0 Å². The third kappa shape index (κ3) is 3.10. The van der Waals surface area contributed by atoms with Crippen molar-refractivity contribution in [3.63, 3.8) is 0 Å². The predicted molar refractivity (Wildman–Crippen MR) is 73.7 cm³/mol. The number of aryl methyl sites for hydroxylation is 2. The monoisotopic (exact) mass is 246 g/mol. The Balaban J connectivity index is 1.83. The van der Waals surface area contributed by atoms with E-state index in [9.17, 15) is 4.79 Å². The van der Waals surface area contributed by atoms with Crippen LogP contribution in [0.3, 0.4) is 0 Å². The van der Waals surface area contributed by atoms with Crippen molar-refractivity contribution in [1.82, 2.24) is 10.6 Å². The SMILES string of the molecule is Cc1cccc(C)c1CCNC(=O)C1CCCN1. The topological polar surface area (TPSA) is 41.1 Å². The van der Waals surface area contributed by atoms with Crippen LogP contribution in [0.5, 0.6) is 0 Å². The summed E-state index contributed by atoms with van der Waals surface area (Å²) in [7, 11) is 0. The van der Waals surface area contributed by atoms with E-state index in [1.807, 2.05) is 0 Å². The zero-order valence-electron chi connectivity index (χ0n) is 11.3. The van der Waals surface area contributed by atoms with E-state index in [4.69, 9.17) is 0 Å². The van der Waals surface area contributed by atoms with Gasteiger partial charge in [0.2, 0.25) is 5.91 Å². The second kappa shape index (κ2) is 6.01. The average molecular weight is 246 g/mol. The Morgan fingerprint density at radius 3 is 2.72 bits per heavy atom. The maximum atomic E-state index is 11.8. The van der Waals surface area contributed by atoms with Crippen molar-refractivity contribution in [2.75, 3.05) is 13.1 Å². The fraction of sp³-hybridized carbons (Fsp3) is 0.533. The molecule has 1 heterocycles. The van der Waals surface area contributed by atoms with Crippen molar-refractivity contribution in [3.8, 4) is 0 Å². The summed E-state index contributed by atoms with van der Waals surface area (Å²) in [6, 6.07) is 6.36. The lowest BCUT2D eigenvalue weighted by Gasteiger charge is -2.13. The maximum absolute atomic E-state index is 11.8. The van der Waals surface area contributed by atoms with Crippen LogP contribution in [0.2, 0.25) is 0 Å². The zero-order valence-corrected chi connectivity index (χ0v) is 11.3. The van der Waals surface area contributed by atoms with Gasteiger partial charge in [0, 0.05) is 6.54 Å². The highest BCUT2D eigenvalue weighted by Crippen LogP contribution is 2.13. The van der Waals surface area contributed by atoms with E-state index in [1.54, 1.807) is 0 Å². The van der Waals surface area contributed by atoms with E-state index in [2.05, 4.69) is 42.7 Å². The number of hydrogen-bond donors (Lipinski definition) is 2. The van der Waals surface area contributed by atoms with E-state index >= 15 is 0 Å². The summed E-state index contributed by atoms with van der Waals surface area (Å²) < 4.78 is 0. The molecular formula is C15H22N2O. The lowest BCUT2D eigenvalue weighted by atomic mass is 10.0. The highest BCUT2D eigenvalue weighted by atomic mass is 16.2. The third-order valence-electron chi connectivity index (χ3n) is 3.70. The number of nitrogens with one attached hydrogen (secondary N) is 2. The Morgan fingerprint density at radius 2 is 2.11 bits per heavy atom. The first kappa shape index (κ1) is 13.1. The largest absolute Gasteiger partial charge is 0.354 e. The standard InChI is InChI=1S/C15H22N2O/c1-11-5-3-6-12(2)13(11)8-10-17-15(18)14-7-4-9-16-14/h3,5-6,14,16H,4,7-10H2,1-2H3,(H,17,18). The van der Waals surface area contributed by atoms with Crippen LogP contribution >= 0.6 is 0 Å². The second-order valence-corrected chi connectivity index (χ2v) is 5.06. The van der Waals surface area contributed by atoms with Gasteiger partial charge in [0.15, 0.2) is 0 Å². The van der Waals surface area contributed by atoms with Gasteiger partial charge in [0.1, 0.15) is 0 Å². The zero-order chi connectivity index (χ0) is 13.0. The quantitative estimate of drug-likeness (QED) is 0.849. The van der Waals surface area contributed by atoms with E-state index < -0.39 is 0 Å². The van der Waals surface area contributed by atoms with Gasteiger partial charge >= 0.3 is 0 Å². The minimum absolute atomic E-state index is 0.0305. The van der Waals surface area contributed by atoms with E-state index in [0.717, 1.165) is 32.4 Å². The minimum atomic E-state index is 0.0305. The fourth-order valence-electron chi connectivity index (χ4n) is 2.59. The molecule has 1 aromatic carbocycles. The Kier molecular flexibility index (Phi) is 4.37. The summed E-state index contributed by atoms with van der Waals surface area (Å²) in [4.78, 5) is 11.8. The third-order valence-corrected chi connectivity index (χ3v) is 3.70. The van der Waals surface area contributed by atoms with Crippen molar-refractivity contribution in [2.45, 2.75) is 39.2 Å². The second-order valence-electron chi connectivity index (χ2n) is 5.06. The lowest BCUT2D eigenvalue weighted by molar-refractivity contribution is -0.122. The van der Waals surface area contributed by atoms with Crippen LogP contribution in [0.1, 0.15) is 29.5 Å². The summed E-state index contributed by atoms with van der Waals surface area (Å²) in [5.74, 6) is 0.152. The average Bonchev–Trinajstić information content (AvgIpc) is 2.86. The molecule has 1 unspecified atom stereocenters. The molecule has 1 fully saturated rings. The van der Waals surface area contributed by atoms with Gasteiger partial charge < -0.3 is 10.6 Å². The molecule has 1 aliphatic heterocycles. The molecule has 0 bridgehead atoms. The Morgan fingerprint density at radius 1 is 1.39 bits per heavy atom. The molecule has 2 rings (SSSR count). The molecule has 1 aromatic rings. The fourth-order valence-corrected chi connectivity index (χ4v) is 2.59. The molecule has 0 saturated carbocycles. The highest BCUT2D eigenvalue weighted by Gasteiger charge is 2.21. The Bertz CT molecular complexity index is 402. The maximum Gasteiger partial charge on any atom is 0.237 e. The molecule has 18 heavy (non-hydrogen) atoms.